The fourth-order valence-corrected chi connectivity index (χ4v) is 0.468. The number of hydrogen-bond donors (Lipinski definition) is 1. The molecule has 0 aliphatic carbocycles. The predicted molar refractivity (Wildman–Crippen MR) is 37.7 cm³/mol. The Morgan fingerprint density at radius 1 is 1.55 bits per heavy atom. The molecule has 1 N–H and O–H groups in total. The Morgan fingerprint density at radius 2 is 2.09 bits per heavy atom. The quantitative estimate of drug-likeness (QED) is 0.215. The molecule has 0 spiro atoms. The zero-order chi connectivity index (χ0) is 8.85. The van der Waals surface area contributed by atoms with Crippen molar-refractivity contribution < 1.29 is 19.4 Å². The number of rotatable bonds is 3. The number of hydrogen-bond acceptors (Lipinski definition) is 3. The van der Waals surface area contributed by atoms with E-state index in [1.54, 1.807) is 0 Å². The molecule has 0 aliphatic heterocycles. The van der Waals surface area contributed by atoms with Crippen molar-refractivity contribution in [3.8, 4) is 0 Å². The van der Waals surface area contributed by atoms with E-state index in [-0.39, 0.29) is 0 Å². The van der Waals surface area contributed by atoms with Crippen LogP contribution in [0.3, 0.4) is 0 Å². The zero-order valence-corrected chi connectivity index (χ0v) is 6.03. The molecule has 4 nitrogen and oxygen atoms in total. The summed E-state index contributed by atoms with van der Waals surface area (Å²) < 4.78 is 4.23. The maximum absolute atomic E-state index is 10.7. The third kappa shape index (κ3) is 2.66. The van der Waals surface area contributed by atoms with Gasteiger partial charge in [-0.15, -0.1) is 0 Å². The summed E-state index contributed by atoms with van der Waals surface area (Å²) in [5.74, 6) is -2.21. The van der Waals surface area contributed by atoms with Crippen molar-refractivity contribution in [1.82, 2.24) is 0 Å². The summed E-state index contributed by atoms with van der Waals surface area (Å²) in [6.07, 6.45) is 2.04. The van der Waals surface area contributed by atoms with Crippen LogP contribution in [0.1, 0.15) is 6.92 Å². The average molecular weight is 156 g/mol. The highest BCUT2D eigenvalue weighted by Gasteiger charge is 2.16. The summed E-state index contributed by atoms with van der Waals surface area (Å²) in [4.78, 5) is 20.9. The molecule has 0 radical (unpaired) electrons. The minimum atomic E-state index is -1.31. The number of allylic oxidation sites excluding steroid dienone is 1. The fourth-order valence-electron chi connectivity index (χ4n) is 0.468. The highest BCUT2D eigenvalue weighted by Crippen LogP contribution is 1.97. The molecule has 0 unspecified atom stereocenters. The van der Waals surface area contributed by atoms with Gasteiger partial charge in [0.2, 0.25) is 0 Å². The molecular weight excluding hydrogens is 148 g/mol. The van der Waals surface area contributed by atoms with Crippen molar-refractivity contribution in [2.45, 2.75) is 6.92 Å². The van der Waals surface area contributed by atoms with Crippen molar-refractivity contribution in [2.24, 2.45) is 0 Å². The molecule has 0 aromatic rings. The Hall–Kier alpha value is -1.58. The van der Waals surface area contributed by atoms with Gasteiger partial charge in [0, 0.05) is 0 Å². The Morgan fingerprint density at radius 3 is 2.36 bits per heavy atom. The van der Waals surface area contributed by atoms with Crippen molar-refractivity contribution >= 4 is 11.9 Å². The minimum Gasteiger partial charge on any atom is -0.477 e. The molecule has 0 aromatic carbocycles. The smallest absolute Gasteiger partial charge is 0.350 e. The van der Waals surface area contributed by atoms with Crippen molar-refractivity contribution in [3.63, 3.8) is 0 Å². The molecule has 0 aromatic heterocycles. The van der Waals surface area contributed by atoms with Crippen LogP contribution in [0.25, 0.3) is 0 Å². The van der Waals surface area contributed by atoms with Gasteiger partial charge in [-0.05, 0) is 6.92 Å². The van der Waals surface area contributed by atoms with Crippen LogP contribution in [0.15, 0.2) is 24.5 Å². The van der Waals surface area contributed by atoms with E-state index in [2.05, 4.69) is 11.3 Å². The van der Waals surface area contributed by atoms with Gasteiger partial charge in [0.25, 0.3) is 0 Å². The molecule has 0 saturated carbocycles. The first-order chi connectivity index (χ1) is 5.13. The topological polar surface area (TPSA) is 63.6 Å². The summed E-state index contributed by atoms with van der Waals surface area (Å²) in [6.45, 7) is 4.55. The Bertz CT molecular complexity index is 214. The maximum atomic E-state index is 10.7. The molecular formula is C7H8O4. The van der Waals surface area contributed by atoms with E-state index < -0.39 is 17.5 Å². The lowest BCUT2D eigenvalue weighted by molar-refractivity contribution is -0.140. The highest BCUT2D eigenvalue weighted by molar-refractivity contribution is 6.13. The van der Waals surface area contributed by atoms with Crippen LogP contribution in [0.5, 0.6) is 0 Å². The molecule has 0 atom stereocenters. The van der Waals surface area contributed by atoms with Gasteiger partial charge in [0.15, 0.2) is 0 Å². The van der Waals surface area contributed by atoms with Crippen molar-refractivity contribution in [1.29, 1.82) is 0 Å². The van der Waals surface area contributed by atoms with E-state index in [1.807, 2.05) is 0 Å². The second kappa shape index (κ2) is 4.27. The molecule has 60 valence electrons. The van der Waals surface area contributed by atoms with Crippen LogP contribution in [0, 0.1) is 0 Å². The molecule has 0 aliphatic rings. The van der Waals surface area contributed by atoms with Crippen molar-refractivity contribution in [3.05, 3.63) is 24.5 Å². The number of ether oxygens (including phenoxy) is 1. The van der Waals surface area contributed by atoms with E-state index >= 15 is 0 Å². The molecule has 0 amide bonds. The highest BCUT2D eigenvalue weighted by atomic mass is 16.5. The molecule has 0 saturated heterocycles. The van der Waals surface area contributed by atoms with E-state index in [0.717, 1.165) is 12.3 Å². The molecule has 11 heavy (non-hydrogen) atoms. The van der Waals surface area contributed by atoms with Gasteiger partial charge < -0.3 is 9.84 Å². The van der Waals surface area contributed by atoms with Crippen LogP contribution < -0.4 is 0 Å². The predicted octanol–water partition coefficient (Wildman–Crippen LogP) is 0.704. The summed E-state index contributed by atoms with van der Waals surface area (Å²) in [5, 5.41) is 8.37. The first kappa shape index (κ1) is 9.42. The fraction of sp³-hybridized carbons (Fsp3) is 0.143. The van der Waals surface area contributed by atoms with Crippen LogP contribution in [-0.2, 0) is 14.3 Å². The number of carboxylic acid groups (broad SMARTS) is 1. The van der Waals surface area contributed by atoms with E-state index in [1.165, 1.54) is 6.92 Å². The largest absolute Gasteiger partial charge is 0.477 e. The lowest BCUT2D eigenvalue weighted by Gasteiger charge is -1.96. The Labute approximate surface area is 63.8 Å². The lowest BCUT2D eigenvalue weighted by atomic mass is 10.3. The summed E-state index contributed by atoms with van der Waals surface area (Å²) in [5.41, 5.74) is -0.398. The van der Waals surface area contributed by atoms with E-state index in [0.29, 0.717) is 0 Å². The van der Waals surface area contributed by atoms with Crippen molar-refractivity contribution in [2.75, 3.05) is 0 Å². The normalized spacial score (nSPS) is 10.5. The van der Waals surface area contributed by atoms with Gasteiger partial charge in [-0.2, -0.15) is 0 Å². The first-order valence-electron chi connectivity index (χ1n) is 2.85. The van der Waals surface area contributed by atoms with Crippen LogP contribution in [0.2, 0.25) is 0 Å². The zero-order valence-electron chi connectivity index (χ0n) is 6.03. The SMILES string of the molecule is C=COC(=O)C(=CC)C(=O)O. The number of carboxylic acids is 1. The van der Waals surface area contributed by atoms with Gasteiger partial charge >= 0.3 is 11.9 Å². The lowest BCUT2D eigenvalue weighted by Crippen LogP contribution is -2.12. The molecule has 4 heteroatoms. The standard InChI is InChI=1S/C7H8O4/c1-3-5(6(8)9)7(10)11-4-2/h3-4H,2H2,1H3,(H,8,9). The molecule has 0 heterocycles. The monoisotopic (exact) mass is 156 g/mol. The third-order valence-corrected chi connectivity index (χ3v) is 0.929. The second-order valence-corrected chi connectivity index (χ2v) is 1.58. The van der Waals surface area contributed by atoms with Gasteiger partial charge in [-0.1, -0.05) is 12.7 Å². The van der Waals surface area contributed by atoms with Crippen LogP contribution in [0.4, 0.5) is 0 Å². The summed E-state index contributed by atoms with van der Waals surface area (Å²) >= 11 is 0. The maximum Gasteiger partial charge on any atom is 0.350 e. The van der Waals surface area contributed by atoms with Gasteiger partial charge in [0.1, 0.15) is 5.57 Å². The van der Waals surface area contributed by atoms with Crippen LogP contribution in [-0.4, -0.2) is 17.0 Å². The molecule has 0 fully saturated rings. The first-order valence-corrected chi connectivity index (χ1v) is 2.85. The minimum absolute atomic E-state index is 0.398. The molecule has 0 bridgehead atoms. The van der Waals surface area contributed by atoms with E-state index in [4.69, 9.17) is 5.11 Å². The van der Waals surface area contributed by atoms with E-state index in [9.17, 15) is 9.59 Å². The number of carbonyl (C=O) groups is 2. The average Bonchev–Trinajstić information content (AvgIpc) is 1.88. The molecule has 0 rings (SSSR count). The van der Waals surface area contributed by atoms with Gasteiger partial charge in [0.05, 0.1) is 6.26 Å². The van der Waals surface area contributed by atoms with Gasteiger partial charge in [-0.3, -0.25) is 0 Å². The summed E-state index contributed by atoms with van der Waals surface area (Å²) in [6, 6.07) is 0. The Balaban J connectivity index is 4.41. The number of carbonyl (C=O) groups excluding carboxylic acids is 1. The van der Waals surface area contributed by atoms with Gasteiger partial charge in [-0.25, -0.2) is 9.59 Å². The number of aliphatic carboxylic acids is 1. The number of esters is 1. The second-order valence-electron chi connectivity index (χ2n) is 1.58. The Kier molecular flexibility index (Phi) is 3.66. The third-order valence-electron chi connectivity index (χ3n) is 0.929. The van der Waals surface area contributed by atoms with Crippen LogP contribution >= 0.6 is 0 Å². The summed E-state index contributed by atoms with van der Waals surface area (Å²) in [7, 11) is 0.